The number of nitro benzene ring substituents is 1. The SMILES string of the molecule is O=[N+]([O-])c1ccc(S(=O)(=O)NCC2=CCNCC2)c(F)c1. The van der Waals surface area contributed by atoms with Crippen LogP contribution in [-0.2, 0) is 10.0 Å². The predicted molar refractivity (Wildman–Crippen MR) is 73.8 cm³/mol. The van der Waals surface area contributed by atoms with Crippen molar-refractivity contribution in [2.45, 2.75) is 11.3 Å². The molecule has 9 heteroatoms. The molecule has 1 aliphatic heterocycles. The van der Waals surface area contributed by atoms with Gasteiger partial charge >= 0.3 is 0 Å². The van der Waals surface area contributed by atoms with Crippen LogP contribution in [-0.4, -0.2) is 33.0 Å². The number of hydrogen-bond acceptors (Lipinski definition) is 5. The maximum Gasteiger partial charge on any atom is 0.272 e. The number of rotatable bonds is 5. The topological polar surface area (TPSA) is 101 Å². The van der Waals surface area contributed by atoms with Crippen molar-refractivity contribution in [1.82, 2.24) is 10.0 Å². The molecule has 1 aromatic rings. The summed E-state index contributed by atoms with van der Waals surface area (Å²) in [7, 11) is -4.04. The molecule has 1 heterocycles. The first-order chi connectivity index (χ1) is 9.90. The van der Waals surface area contributed by atoms with Crippen LogP contribution in [0.1, 0.15) is 6.42 Å². The lowest BCUT2D eigenvalue weighted by atomic mass is 10.1. The summed E-state index contributed by atoms with van der Waals surface area (Å²) < 4.78 is 40.1. The molecule has 0 saturated carbocycles. The molecule has 2 N–H and O–H groups in total. The average Bonchev–Trinajstić information content (AvgIpc) is 2.46. The minimum absolute atomic E-state index is 0.0977. The van der Waals surface area contributed by atoms with Crippen molar-refractivity contribution in [3.05, 3.63) is 45.8 Å². The van der Waals surface area contributed by atoms with E-state index in [2.05, 4.69) is 10.0 Å². The van der Waals surface area contributed by atoms with E-state index in [1.165, 1.54) is 0 Å². The van der Waals surface area contributed by atoms with E-state index >= 15 is 0 Å². The summed E-state index contributed by atoms with van der Waals surface area (Å²) >= 11 is 0. The van der Waals surface area contributed by atoms with Gasteiger partial charge in [-0.25, -0.2) is 17.5 Å². The second kappa shape index (κ2) is 6.29. The Labute approximate surface area is 121 Å². The van der Waals surface area contributed by atoms with Gasteiger partial charge in [-0.2, -0.15) is 0 Å². The van der Waals surface area contributed by atoms with Gasteiger partial charge in [0, 0.05) is 19.2 Å². The van der Waals surface area contributed by atoms with Gasteiger partial charge in [-0.3, -0.25) is 10.1 Å². The molecule has 7 nitrogen and oxygen atoms in total. The van der Waals surface area contributed by atoms with E-state index in [-0.39, 0.29) is 6.54 Å². The van der Waals surface area contributed by atoms with Crippen LogP contribution >= 0.6 is 0 Å². The van der Waals surface area contributed by atoms with Crippen LogP contribution in [0.3, 0.4) is 0 Å². The summed E-state index contributed by atoms with van der Waals surface area (Å²) in [6.07, 6.45) is 2.59. The van der Waals surface area contributed by atoms with E-state index in [4.69, 9.17) is 0 Å². The molecule has 21 heavy (non-hydrogen) atoms. The summed E-state index contributed by atoms with van der Waals surface area (Å²) in [4.78, 5) is 9.13. The molecule has 0 unspecified atom stereocenters. The fraction of sp³-hybridized carbons (Fsp3) is 0.333. The van der Waals surface area contributed by atoms with Gasteiger partial charge in [-0.15, -0.1) is 0 Å². The van der Waals surface area contributed by atoms with Gasteiger partial charge in [0.1, 0.15) is 10.7 Å². The fourth-order valence-corrected chi connectivity index (χ4v) is 3.01. The lowest BCUT2D eigenvalue weighted by Crippen LogP contribution is -2.30. The number of nitrogens with zero attached hydrogens (tertiary/aromatic N) is 1. The highest BCUT2D eigenvalue weighted by Crippen LogP contribution is 2.20. The third-order valence-corrected chi connectivity index (χ3v) is 4.50. The van der Waals surface area contributed by atoms with Crippen molar-refractivity contribution >= 4 is 15.7 Å². The second-order valence-electron chi connectivity index (χ2n) is 4.51. The van der Waals surface area contributed by atoms with E-state index in [0.717, 1.165) is 24.3 Å². The highest BCUT2D eigenvalue weighted by atomic mass is 32.2. The monoisotopic (exact) mass is 315 g/mol. The Bertz CT molecular complexity index is 688. The Balaban J connectivity index is 2.15. The quantitative estimate of drug-likeness (QED) is 0.478. The van der Waals surface area contributed by atoms with Crippen molar-refractivity contribution in [2.24, 2.45) is 0 Å². The highest BCUT2D eigenvalue weighted by Gasteiger charge is 2.21. The molecule has 114 valence electrons. The molecule has 0 aliphatic carbocycles. The van der Waals surface area contributed by atoms with Crippen LogP contribution in [0.25, 0.3) is 0 Å². The van der Waals surface area contributed by atoms with Crippen LogP contribution in [0, 0.1) is 15.9 Å². The van der Waals surface area contributed by atoms with Crippen molar-refractivity contribution < 1.29 is 17.7 Å². The summed E-state index contributed by atoms with van der Waals surface area (Å²) in [5.41, 5.74) is 0.423. The molecular formula is C12H14FN3O4S. The number of nitrogens with one attached hydrogen (secondary N) is 2. The van der Waals surface area contributed by atoms with Crippen LogP contribution in [0.4, 0.5) is 10.1 Å². The number of benzene rings is 1. The number of halogens is 1. The van der Waals surface area contributed by atoms with Crippen molar-refractivity contribution in [2.75, 3.05) is 19.6 Å². The van der Waals surface area contributed by atoms with Gasteiger partial charge in [0.2, 0.25) is 10.0 Å². The molecule has 0 spiro atoms. The van der Waals surface area contributed by atoms with Gasteiger partial charge in [-0.05, 0) is 19.0 Å². The summed E-state index contributed by atoms with van der Waals surface area (Å²) in [6.45, 7) is 1.53. The highest BCUT2D eigenvalue weighted by molar-refractivity contribution is 7.89. The van der Waals surface area contributed by atoms with E-state index in [0.29, 0.717) is 19.0 Å². The first-order valence-electron chi connectivity index (χ1n) is 6.22. The van der Waals surface area contributed by atoms with Gasteiger partial charge in [0.25, 0.3) is 5.69 Å². The lowest BCUT2D eigenvalue weighted by Gasteiger charge is -2.14. The average molecular weight is 315 g/mol. The number of nitro groups is 1. The Morgan fingerprint density at radius 1 is 1.43 bits per heavy atom. The molecule has 1 aliphatic rings. The molecule has 2 rings (SSSR count). The first-order valence-corrected chi connectivity index (χ1v) is 7.71. The lowest BCUT2D eigenvalue weighted by molar-refractivity contribution is -0.385. The Hall–Kier alpha value is -1.84. The molecule has 1 aromatic carbocycles. The van der Waals surface area contributed by atoms with E-state index in [1.807, 2.05) is 6.08 Å². The van der Waals surface area contributed by atoms with Gasteiger partial charge in [0.05, 0.1) is 11.0 Å². The zero-order chi connectivity index (χ0) is 15.5. The zero-order valence-corrected chi connectivity index (χ0v) is 11.8. The number of sulfonamides is 1. The summed E-state index contributed by atoms with van der Waals surface area (Å²) in [5, 5.41) is 13.6. The minimum atomic E-state index is -4.04. The van der Waals surface area contributed by atoms with Crippen LogP contribution in [0.2, 0.25) is 0 Å². The van der Waals surface area contributed by atoms with Crippen molar-refractivity contribution in [3.63, 3.8) is 0 Å². The van der Waals surface area contributed by atoms with Crippen molar-refractivity contribution in [3.8, 4) is 0 Å². The van der Waals surface area contributed by atoms with E-state index in [1.54, 1.807) is 0 Å². The Morgan fingerprint density at radius 2 is 2.19 bits per heavy atom. The van der Waals surface area contributed by atoms with Gasteiger partial charge in [0.15, 0.2) is 0 Å². The third-order valence-electron chi connectivity index (χ3n) is 3.06. The maximum absolute atomic E-state index is 13.7. The molecule has 0 aromatic heterocycles. The normalized spacial score (nSPS) is 15.6. The Kier molecular flexibility index (Phi) is 4.66. The van der Waals surface area contributed by atoms with E-state index < -0.39 is 31.3 Å². The third kappa shape index (κ3) is 3.84. The number of non-ortho nitro benzene ring substituents is 1. The molecular weight excluding hydrogens is 301 g/mol. The zero-order valence-electron chi connectivity index (χ0n) is 11.0. The molecule has 0 radical (unpaired) electrons. The van der Waals surface area contributed by atoms with Crippen LogP contribution in [0.15, 0.2) is 34.7 Å². The molecule has 0 bridgehead atoms. The Morgan fingerprint density at radius 3 is 2.76 bits per heavy atom. The van der Waals surface area contributed by atoms with Gasteiger partial charge in [-0.1, -0.05) is 11.6 Å². The molecule has 0 amide bonds. The van der Waals surface area contributed by atoms with Crippen LogP contribution < -0.4 is 10.0 Å². The standard InChI is InChI=1S/C12H14FN3O4S/c13-11-7-10(16(17)18)1-2-12(11)21(19,20)15-8-9-3-5-14-6-4-9/h1-3,7,14-15H,4-6,8H2. The predicted octanol–water partition coefficient (Wildman–Crippen LogP) is 0.932. The molecule has 0 saturated heterocycles. The maximum atomic E-state index is 13.7. The largest absolute Gasteiger partial charge is 0.313 e. The first kappa shape index (κ1) is 15.5. The fourth-order valence-electron chi connectivity index (χ4n) is 1.92. The van der Waals surface area contributed by atoms with Gasteiger partial charge < -0.3 is 5.32 Å². The van der Waals surface area contributed by atoms with Crippen molar-refractivity contribution in [1.29, 1.82) is 0 Å². The number of hydrogen-bond donors (Lipinski definition) is 2. The second-order valence-corrected chi connectivity index (χ2v) is 6.25. The summed E-state index contributed by atoms with van der Waals surface area (Å²) in [5.74, 6) is -1.14. The smallest absolute Gasteiger partial charge is 0.272 e. The van der Waals surface area contributed by atoms with E-state index in [9.17, 15) is 22.9 Å². The minimum Gasteiger partial charge on any atom is -0.313 e. The summed E-state index contributed by atoms with van der Waals surface area (Å²) in [6, 6.07) is 2.45. The molecule has 0 fully saturated rings. The molecule has 0 atom stereocenters. The van der Waals surface area contributed by atoms with Crippen LogP contribution in [0.5, 0.6) is 0 Å².